The topological polar surface area (TPSA) is 15.3 Å². The lowest BCUT2D eigenvalue weighted by Crippen LogP contribution is -2.12. The van der Waals surface area contributed by atoms with Crippen LogP contribution in [-0.2, 0) is 10.8 Å². The van der Waals surface area contributed by atoms with E-state index in [4.69, 9.17) is 8.22 Å². The molecule has 0 amide bonds. The molecule has 6 aromatic heterocycles. The van der Waals surface area contributed by atoms with Crippen molar-refractivity contribution in [2.75, 3.05) is 9.80 Å². The van der Waals surface area contributed by atoms with Crippen molar-refractivity contribution >= 4 is 173 Å². The molecule has 438 valence electrons. The molecule has 6 heteroatoms. The van der Waals surface area contributed by atoms with E-state index in [1.807, 2.05) is 48.5 Å². The molecule has 0 N–H and O–H groups in total. The number of para-hydroxylation sites is 2. The Morgan fingerprint density at radius 1 is 0.304 bits per heavy atom. The third-order valence-corrected chi connectivity index (χ3v) is 21.5. The van der Waals surface area contributed by atoms with Gasteiger partial charge in [-0.1, -0.05) is 211 Å². The van der Waals surface area contributed by atoms with Crippen LogP contribution in [0.3, 0.4) is 0 Å². The van der Waals surface area contributed by atoms with E-state index in [1.165, 1.54) is 0 Å². The van der Waals surface area contributed by atoms with Crippen LogP contribution in [0.15, 0.2) is 267 Å². The number of nitrogens with zero attached hydrogens (tertiary/aromatic N) is 4. The van der Waals surface area contributed by atoms with Crippen molar-refractivity contribution in [1.29, 1.82) is 0 Å². The first-order chi connectivity index (χ1) is 49.1. The highest BCUT2D eigenvalue weighted by molar-refractivity contribution is 7.26. The fraction of sp³-hybridized carbons (Fsp3) is 0.0930. The summed E-state index contributed by atoms with van der Waals surface area (Å²) in [6.07, 6.45) is 0. The Kier molecular flexibility index (Phi) is 9.34. The fourth-order valence-electron chi connectivity index (χ4n) is 15.1. The molecule has 0 spiro atoms. The van der Waals surface area contributed by atoms with Crippen molar-refractivity contribution in [3.05, 3.63) is 278 Å². The number of hydrogen-bond acceptors (Lipinski definition) is 4. The van der Waals surface area contributed by atoms with Crippen LogP contribution in [0.2, 0.25) is 0 Å². The van der Waals surface area contributed by atoms with E-state index < -0.39 is 36.3 Å². The van der Waals surface area contributed by atoms with Gasteiger partial charge < -0.3 is 18.6 Å². The van der Waals surface area contributed by atoms with Crippen LogP contribution in [0, 0.1) is 0 Å². The van der Waals surface area contributed by atoms with Crippen LogP contribution in [0.1, 0.15) is 66.4 Å². The summed E-state index contributed by atoms with van der Waals surface area (Å²) in [6.45, 7) is 13.5. The maximum Gasteiger partial charge on any atom is 0.0641 e. The molecule has 0 unspecified atom stereocenters. The first-order valence-corrected chi connectivity index (χ1v) is 32.9. The monoisotopic (exact) mass is 1220 g/mol. The van der Waals surface area contributed by atoms with Crippen LogP contribution < -0.4 is 9.80 Å². The van der Waals surface area contributed by atoms with E-state index in [0.29, 0.717) is 22.5 Å². The van der Waals surface area contributed by atoms with Gasteiger partial charge in [-0.15, -0.1) is 22.7 Å². The van der Waals surface area contributed by atoms with Gasteiger partial charge in [0.2, 0.25) is 0 Å². The van der Waals surface area contributed by atoms with Crippen molar-refractivity contribution in [2.24, 2.45) is 0 Å². The number of hydrogen-bond donors (Lipinski definition) is 0. The predicted octanol–water partition coefficient (Wildman–Crippen LogP) is 25.6. The molecule has 0 aliphatic heterocycles. The highest BCUT2D eigenvalue weighted by Crippen LogP contribution is 2.56. The lowest BCUT2D eigenvalue weighted by molar-refractivity contribution is 0.591. The highest BCUT2D eigenvalue weighted by atomic mass is 32.1. The quantitative estimate of drug-likeness (QED) is 0.151. The average molecular weight is 1230 g/mol. The Labute approximate surface area is 555 Å². The maximum absolute atomic E-state index is 9.46. The third-order valence-electron chi connectivity index (χ3n) is 19.2. The summed E-state index contributed by atoms with van der Waals surface area (Å²) in [5.41, 5.74) is 14.0. The second-order valence-electron chi connectivity index (χ2n) is 26.4. The van der Waals surface area contributed by atoms with Gasteiger partial charge in [-0.05, 0) is 130 Å². The molecule has 19 aromatic rings. The second-order valence-corrected chi connectivity index (χ2v) is 28.6. The Balaban J connectivity index is 0.934. The Hall–Kier alpha value is -10.5. The van der Waals surface area contributed by atoms with Crippen molar-refractivity contribution in [1.82, 2.24) is 8.80 Å². The van der Waals surface area contributed by atoms with Crippen molar-refractivity contribution in [3.8, 4) is 22.3 Å². The summed E-state index contributed by atoms with van der Waals surface area (Å²) >= 11 is 3.46. The van der Waals surface area contributed by atoms with Gasteiger partial charge in [0, 0.05) is 94.6 Å². The van der Waals surface area contributed by atoms with Gasteiger partial charge in [-0.2, -0.15) is 0 Å². The first-order valence-electron chi connectivity index (χ1n) is 36.2. The van der Waals surface area contributed by atoms with Crippen LogP contribution in [0.25, 0.3) is 139 Å². The van der Waals surface area contributed by atoms with Gasteiger partial charge in [0.05, 0.1) is 80.9 Å². The SMILES string of the molecule is [2H]c1c([2H])c([2H])c(-c2ccccc2N(c2cccc3sc4ccccc4c23)c2ccc3c4cc5c(cc4n4c6ccc(C(C)(C)C)cc6c2c34)c2ccc(N(c3ccccc3-c3c([2H])c([2H])c([2H])c([2H])c3[2H])c3cccc4sc6ccccc6c34)c3c4cc(C(C)(C)C)ccc4n5c23)c([2H])c1[2H]. The lowest BCUT2D eigenvalue weighted by atomic mass is 9.86. The molecule has 0 saturated carbocycles. The molecular weight excluding hydrogens is 1150 g/mol. The molecule has 0 radical (unpaired) electrons. The van der Waals surface area contributed by atoms with E-state index in [-0.39, 0.29) is 46.1 Å². The number of benzene rings is 13. The number of thiophene rings is 2. The van der Waals surface area contributed by atoms with Gasteiger partial charge in [-0.25, -0.2) is 0 Å². The van der Waals surface area contributed by atoms with E-state index in [1.54, 1.807) is 22.7 Å². The normalized spacial score (nSPS) is 14.2. The number of anilines is 6. The molecule has 0 bridgehead atoms. The summed E-state index contributed by atoms with van der Waals surface area (Å²) in [4.78, 5) is 4.56. The molecule has 0 aliphatic carbocycles. The molecule has 0 aliphatic rings. The second kappa shape index (κ2) is 19.5. The van der Waals surface area contributed by atoms with Gasteiger partial charge in [0.1, 0.15) is 0 Å². The highest BCUT2D eigenvalue weighted by Gasteiger charge is 2.32. The zero-order valence-corrected chi connectivity index (χ0v) is 52.9. The van der Waals surface area contributed by atoms with Gasteiger partial charge in [0.25, 0.3) is 0 Å². The standard InChI is InChI=1S/C86H62N4S2/c1-85(2,3)53-39-43-67-63(47-53)81-71(87(65-31-17-13-27-55(65)51-23-9-7-10-24-51)69-33-21-37-77-79(69)59-29-15-19-35-75(59)91-77)45-41-57-61-50-74-62(49-73(61)89(67)83(57)81)58-42-46-72(82-64-48-54(86(4,5)6)40-44-68(64)90(74)84(58)82)88(66-32-18-14-28-56(66)52-25-11-8-12-26-52)70-34-22-38-78-80(70)60-30-16-20-36-76(60)92-78/h7-50H,1-6H3/i7D,8D,9D,10D,11D,12D,23D,24D,25D,26D. The Bertz CT molecular complexity index is 6420. The summed E-state index contributed by atoms with van der Waals surface area (Å²) in [6, 6.07) is 69.1. The summed E-state index contributed by atoms with van der Waals surface area (Å²) in [5.74, 6) is 0. The predicted molar refractivity (Wildman–Crippen MR) is 399 cm³/mol. The van der Waals surface area contributed by atoms with E-state index >= 15 is 0 Å². The third kappa shape index (κ3) is 7.62. The Morgan fingerprint density at radius 2 is 0.685 bits per heavy atom. The molecular formula is C86H62N4S2. The van der Waals surface area contributed by atoms with Crippen molar-refractivity contribution in [2.45, 2.75) is 52.4 Å². The molecule has 13 aromatic carbocycles. The van der Waals surface area contributed by atoms with E-state index in [2.05, 4.69) is 218 Å². The molecule has 0 atom stereocenters. The summed E-state index contributed by atoms with van der Waals surface area (Å²) in [5, 5.41) is 12.6. The molecule has 4 nitrogen and oxygen atoms in total. The average Bonchev–Trinajstić information content (AvgIpc) is 1.51. The number of rotatable bonds is 8. The molecule has 19 rings (SSSR count). The van der Waals surface area contributed by atoms with Crippen LogP contribution in [0.5, 0.6) is 0 Å². The lowest BCUT2D eigenvalue weighted by Gasteiger charge is -2.29. The summed E-state index contributed by atoms with van der Waals surface area (Å²) < 4.78 is 100. The zero-order chi connectivity index (χ0) is 70.2. The van der Waals surface area contributed by atoms with Crippen molar-refractivity contribution in [3.63, 3.8) is 0 Å². The van der Waals surface area contributed by atoms with E-state index in [9.17, 15) is 5.48 Å². The minimum Gasteiger partial charge on any atom is -0.308 e. The fourth-order valence-corrected chi connectivity index (χ4v) is 17.3. The largest absolute Gasteiger partial charge is 0.308 e. The van der Waals surface area contributed by atoms with Crippen LogP contribution in [-0.4, -0.2) is 8.80 Å². The smallest absolute Gasteiger partial charge is 0.0641 e. The minimum absolute atomic E-state index is 0.119. The van der Waals surface area contributed by atoms with Gasteiger partial charge in [0.15, 0.2) is 0 Å². The minimum atomic E-state index is -0.448. The number of fused-ring (bicyclic) bond motifs is 18. The summed E-state index contributed by atoms with van der Waals surface area (Å²) in [7, 11) is 0. The van der Waals surface area contributed by atoms with Crippen LogP contribution >= 0.6 is 22.7 Å². The number of aromatic nitrogens is 2. The maximum atomic E-state index is 9.46. The Morgan fingerprint density at radius 3 is 1.12 bits per heavy atom. The first kappa shape index (κ1) is 44.0. The molecule has 0 fully saturated rings. The van der Waals surface area contributed by atoms with Crippen LogP contribution in [0.4, 0.5) is 34.1 Å². The molecule has 6 heterocycles. The van der Waals surface area contributed by atoms with Crippen molar-refractivity contribution < 1.29 is 13.7 Å². The van der Waals surface area contributed by atoms with E-state index in [0.717, 1.165) is 150 Å². The molecule has 92 heavy (non-hydrogen) atoms. The molecule has 0 saturated heterocycles. The van der Waals surface area contributed by atoms with Gasteiger partial charge >= 0.3 is 0 Å². The van der Waals surface area contributed by atoms with Gasteiger partial charge in [-0.3, -0.25) is 0 Å². The zero-order valence-electron chi connectivity index (χ0n) is 61.2.